The fraction of sp³-hybridized carbons (Fsp3) is 0.517. The fourth-order valence-electron chi connectivity index (χ4n) is 5.23. The van der Waals surface area contributed by atoms with Gasteiger partial charge in [0, 0.05) is 0 Å². The lowest BCUT2D eigenvalue weighted by atomic mass is 9.69. The third-order valence-electron chi connectivity index (χ3n) is 7.44. The highest BCUT2D eigenvalue weighted by Gasteiger charge is 2.30. The molecule has 2 aliphatic carbocycles. The first-order valence-corrected chi connectivity index (χ1v) is 11.8. The highest BCUT2D eigenvalue weighted by molar-refractivity contribution is 5.43. The average molecular weight is 389 g/mol. The summed E-state index contributed by atoms with van der Waals surface area (Å²) in [5.74, 6) is 1.84. The predicted molar refractivity (Wildman–Crippen MR) is 128 cm³/mol. The number of hydrogen-bond donors (Lipinski definition) is 0. The number of unbranched alkanes of at least 4 members (excludes halogenated alkanes) is 1. The molecule has 0 saturated heterocycles. The van der Waals surface area contributed by atoms with Crippen molar-refractivity contribution in [2.75, 3.05) is 0 Å². The second-order valence-corrected chi connectivity index (χ2v) is 9.43. The van der Waals surface area contributed by atoms with Crippen molar-refractivity contribution in [2.45, 2.75) is 78.6 Å². The molecule has 2 atom stereocenters. The summed E-state index contributed by atoms with van der Waals surface area (Å²) in [6.07, 6.45) is 18.2. The van der Waals surface area contributed by atoms with Crippen LogP contribution >= 0.6 is 0 Å². The molecular formula is C29H40. The van der Waals surface area contributed by atoms with Crippen LogP contribution in [0.3, 0.4) is 0 Å². The highest BCUT2D eigenvalue weighted by atomic mass is 14.3. The second-order valence-electron chi connectivity index (χ2n) is 9.43. The Morgan fingerprint density at radius 2 is 1.86 bits per heavy atom. The van der Waals surface area contributed by atoms with Crippen LogP contribution in [0, 0.1) is 24.7 Å². The summed E-state index contributed by atoms with van der Waals surface area (Å²) >= 11 is 0. The van der Waals surface area contributed by atoms with Crippen molar-refractivity contribution in [2.24, 2.45) is 17.8 Å². The van der Waals surface area contributed by atoms with Crippen LogP contribution in [0.25, 0.3) is 0 Å². The molecule has 0 radical (unpaired) electrons. The summed E-state index contributed by atoms with van der Waals surface area (Å²) in [6, 6.07) is 7.15. The number of benzene rings is 1. The van der Waals surface area contributed by atoms with Gasteiger partial charge in [0.2, 0.25) is 0 Å². The van der Waals surface area contributed by atoms with Crippen molar-refractivity contribution in [1.29, 1.82) is 0 Å². The van der Waals surface area contributed by atoms with Gasteiger partial charge in [-0.05, 0) is 98.0 Å². The Morgan fingerprint density at radius 1 is 1.10 bits per heavy atom. The summed E-state index contributed by atoms with van der Waals surface area (Å²) in [6.45, 7) is 15.5. The average Bonchev–Trinajstić information content (AvgIpc) is 2.73. The Hall–Kier alpha value is -1.82. The molecule has 0 aromatic heterocycles. The molecule has 0 nitrogen and oxygen atoms in total. The van der Waals surface area contributed by atoms with Gasteiger partial charge in [-0.1, -0.05) is 74.8 Å². The zero-order valence-corrected chi connectivity index (χ0v) is 19.0. The first-order chi connectivity index (χ1) is 14.0. The number of allylic oxidation sites excluding steroid dienone is 6. The van der Waals surface area contributed by atoms with E-state index in [4.69, 9.17) is 0 Å². The largest absolute Gasteiger partial charge is 0.103 e. The van der Waals surface area contributed by atoms with Gasteiger partial charge in [0.25, 0.3) is 0 Å². The molecule has 1 fully saturated rings. The molecule has 0 heteroatoms. The first kappa shape index (κ1) is 21.9. The van der Waals surface area contributed by atoms with Crippen LogP contribution in [0.5, 0.6) is 0 Å². The molecule has 2 aliphatic rings. The van der Waals surface area contributed by atoms with Crippen molar-refractivity contribution >= 4 is 0 Å². The van der Waals surface area contributed by atoms with Gasteiger partial charge in [-0.25, -0.2) is 0 Å². The molecule has 3 rings (SSSR count). The predicted octanol–water partition coefficient (Wildman–Crippen LogP) is 8.32. The number of rotatable bonds is 8. The van der Waals surface area contributed by atoms with Crippen LogP contribution < -0.4 is 0 Å². The van der Waals surface area contributed by atoms with Crippen LogP contribution in [0.15, 0.2) is 66.3 Å². The highest BCUT2D eigenvalue weighted by Crippen LogP contribution is 2.42. The van der Waals surface area contributed by atoms with E-state index in [0.717, 1.165) is 19.3 Å². The monoisotopic (exact) mass is 388 g/mol. The number of hydrogen-bond acceptors (Lipinski definition) is 0. The van der Waals surface area contributed by atoms with Crippen LogP contribution in [-0.2, 0) is 12.8 Å². The Morgan fingerprint density at radius 3 is 2.55 bits per heavy atom. The lowest BCUT2D eigenvalue weighted by Crippen LogP contribution is -2.24. The molecule has 156 valence electrons. The van der Waals surface area contributed by atoms with Crippen LogP contribution in [-0.4, -0.2) is 0 Å². The van der Waals surface area contributed by atoms with E-state index in [9.17, 15) is 0 Å². The molecule has 1 saturated carbocycles. The number of aryl methyl sites for hydroxylation is 2. The van der Waals surface area contributed by atoms with Gasteiger partial charge in [0.15, 0.2) is 0 Å². The topological polar surface area (TPSA) is 0 Å². The molecule has 0 N–H and O–H groups in total. The van der Waals surface area contributed by atoms with Crippen LogP contribution in [0.1, 0.15) is 75.5 Å². The van der Waals surface area contributed by atoms with Gasteiger partial charge in [0.1, 0.15) is 0 Å². The summed E-state index contributed by atoms with van der Waals surface area (Å²) in [5.41, 5.74) is 8.89. The molecule has 1 aromatic carbocycles. The van der Waals surface area contributed by atoms with E-state index in [1.807, 2.05) is 6.08 Å². The van der Waals surface area contributed by atoms with Crippen molar-refractivity contribution in [1.82, 2.24) is 0 Å². The normalized spacial score (nSPS) is 22.7. The maximum absolute atomic E-state index is 4.63. The van der Waals surface area contributed by atoms with Gasteiger partial charge in [-0.2, -0.15) is 0 Å². The molecule has 0 heterocycles. The SMILES string of the molecule is C=CCCCc1ccc(CC2C(C(=C)C3CCCCC3)=CC=C(C)C2C)c(C)c1. The lowest BCUT2D eigenvalue weighted by Gasteiger charge is -2.35. The second kappa shape index (κ2) is 10.3. The molecule has 0 aliphatic heterocycles. The van der Waals surface area contributed by atoms with E-state index in [-0.39, 0.29) is 0 Å². The van der Waals surface area contributed by atoms with Crippen LogP contribution in [0.4, 0.5) is 0 Å². The summed E-state index contributed by atoms with van der Waals surface area (Å²) in [4.78, 5) is 0. The minimum absolute atomic E-state index is 0.555. The van der Waals surface area contributed by atoms with Crippen molar-refractivity contribution in [3.05, 3.63) is 83.0 Å². The third-order valence-corrected chi connectivity index (χ3v) is 7.44. The van der Waals surface area contributed by atoms with E-state index < -0.39 is 0 Å². The molecule has 0 amide bonds. The summed E-state index contributed by atoms with van der Waals surface area (Å²) < 4.78 is 0. The smallest absolute Gasteiger partial charge is 0.00558 e. The molecular weight excluding hydrogens is 348 g/mol. The van der Waals surface area contributed by atoms with Gasteiger partial charge in [-0.15, -0.1) is 6.58 Å². The zero-order chi connectivity index (χ0) is 20.8. The molecule has 2 unspecified atom stereocenters. The summed E-state index contributed by atoms with van der Waals surface area (Å²) in [7, 11) is 0. The van der Waals surface area contributed by atoms with E-state index >= 15 is 0 Å². The fourth-order valence-corrected chi connectivity index (χ4v) is 5.23. The Labute approximate surface area is 179 Å². The van der Waals surface area contributed by atoms with E-state index in [1.165, 1.54) is 71.9 Å². The maximum atomic E-state index is 4.63. The van der Waals surface area contributed by atoms with Crippen molar-refractivity contribution in [3.8, 4) is 0 Å². The van der Waals surface area contributed by atoms with E-state index in [0.29, 0.717) is 17.8 Å². The minimum atomic E-state index is 0.555. The Balaban J connectivity index is 1.78. The van der Waals surface area contributed by atoms with E-state index in [1.54, 1.807) is 0 Å². The third kappa shape index (κ3) is 5.41. The molecule has 0 bridgehead atoms. The van der Waals surface area contributed by atoms with Crippen molar-refractivity contribution in [3.63, 3.8) is 0 Å². The molecule has 1 aromatic rings. The quantitative estimate of drug-likeness (QED) is 0.310. The molecule has 0 spiro atoms. The summed E-state index contributed by atoms with van der Waals surface area (Å²) in [5, 5.41) is 0. The Bertz CT molecular complexity index is 782. The van der Waals surface area contributed by atoms with Crippen LogP contribution in [0.2, 0.25) is 0 Å². The zero-order valence-electron chi connectivity index (χ0n) is 19.0. The van der Waals surface area contributed by atoms with Gasteiger partial charge in [0.05, 0.1) is 0 Å². The first-order valence-electron chi connectivity index (χ1n) is 11.8. The standard InChI is InChI=1S/C29H40/c1-6-7-9-12-25-16-17-27(22(3)19-25)20-29-23(4)21(2)15-18-28(29)24(5)26-13-10-8-11-14-26/h6,15-19,23,26,29H,1,5,7-14,20H2,2-4H3. The van der Waals surface area contributed by atoms with Gasteiger partial charge in [-0.3, -0.25) is 0 Å². The molecule has 29 heavy (non-hydrogen) atoms. The maximum Gasteiger partial charge on any atom is -0.00558 e. The van der Waals surface area contributed by atoms with Gasteiger partial charge < -0.3 is 0 Å². The lowest BCUT2D eigenvalue weighted by molar-refractivity contribution is 0.388. The van der Waals surface area contributed by atoms with Crippen molar-refractivity contribution < 1.29 is 0 Å². The van der Waals surface area contributed by atoms with E-state index in [2.05, 4.69) is 64.3 Å². The van der Waals surface area contributed by atoms with Gasteiger partial charge >= 0.3 is 0 Å². The minimum Gasteiger partial charge on any atom is -0.103 e. The Kier molecular flexibility index (Phi) is 7.76.